The molecule has 0 bridgehead atoms. The Bertz CT molecular complexity index is 770. The summed E-state index contributed by atoms with van der Waals surface area (Å²) in [6.45, 7) is 1.02. The van der Waals surface area contributed by atoms with Crippen molar-refractivity contribution in [3.63, 3.8) is 0 Å². The minimum atomic E-state index is -4.70. The predicted molar refractivity (Wildman–Crippen MR) is 93.5 cm³/mol. The van der Waals surface area contributed by atoms with E-state index in [4.69, 9.17) is 23.2 Å². The van der Waals surface area contributed by atoms with Crippen molar-refractivity contribution >= 4 is 34.4 Å². The van der Waals surface area contributed by atoms with Gasteiger partial charge in [-0.15, -0.1) is 8.78 Å². The van der Waals surface area contributed by atoms with Crippen LogP contribution in [0.25, 0.3) is 0 Å². The lowest BCUT2D eigenvalue weighted by Crippen LogP contribution is -2.46. The largest absolute Gasteiger partial charge is 0.611 e. The van der Waals surface area contributed by atoms with Gasteiger partial charge in [-0.05, 0) is 12.1 Å². The fourth-order valence-electron chi connectivity index (χ4n) is 2.48. The molecule has 27 heavy (non-hydrogen) atoms. The molecule has 2 aromatic rings. The smallest absolute Gasteiger partial charge is 0.467 e. The van der Waals surface area contributed by atoms with Crippen molar-refractivity contribution in [1.29, 1.82) is 0 Å². The van der Waals surface area contributed by atoms with Crippen LogP contribution in [0.3, 0.4) is 0 Å². The molecule has 0 radical (unpaired) electrons. The molecule has 0 fully saturated rings. The SMILES string of the molecule is C[C@@H](C[S+]([O-])C(F)(F)C(F)F)[C@](O)(Cn1cncn1)c1ccc(Cl)cc1Cl. The van der Waals surface area contributed by atoms with E-state index >= 15 is 0 Å². The molecule has 2 rings (SSSR count). The fraction of sp³-hybridized carbons (Fsp3) is 0.467. The molecular weight excluding hydrogens is 433 g/mol. The van der Waals surface area contributed by atoms with Crippen LogP contribution in [-0.2, 0) is 23.3 Å². The van der Waals surface area contributed by atoms with E-state index in [1.165, 1.54) is 42.5 Å². The Morgan fingerprint density at radius 2 is 2.00 bits per heavy atom. The van der Waals surface area contributed by atoms with Crippen LogP contribution in [0.15, 0.2) is 30.9 Å². The second kappa shape index (κ2) is 8.52. The molecule has 1 heterocycles. The van der Waals surface area contributed by atoms with Crippen LogP contribution in [-0.4, -0.2) is 41.9 Å². The number of alkyl halides is 4. The van der Waals surface area contributed by atoms with Gasteiger partial charge in [0.05, 0.1) is 6.54 Å². The van der Waals surface area contributed by atoms with E-state index in [1.54, 1.807) is 0 Å². The predicted octanol–water partition coefficient (Wildman–Crippen LogP) is 3.72. The third-order valence-corrected chi connectivity index (χ3v) is 6.18. The van der Waals surface area contributed by atoms with E-state index in [9.17, 15) is 27.2 Å². The summed E-state index contributed by atoms with van der Waals surface area (Å²) < 4.78 is 64.8. The Kier molecular flexibility index (Phi) is 7.01. The van der Waals surface area contributed by atoms with Crippen molar-refractivity contribution in [1.82, 2.24) is 14.8 Å². The minimum absolute atomic E-state index is 0.0309. The van der Waals surface area contributed by atoms with Gasteiger partial charge in [-0.1, -0.05) is 36.2 Å². The number of rotatable bonds is 8. The summed E-state index contributed by atoms with van der Waals surface area (Å²) in [5.41, 5.74) is -1.85. The highest BCUT2D eigenvalue weighted by Gasteiger charge is 2.55. The average molecular weight is 448 g/mol. The highest BCUT2D eigenvalue weighted by atomic mass is 35.5. The van der Waals surface area contributed by atoms with Gasteiger partial charge in [0.2, 0.25) is 0 Å². The van der Waals surface area contributed by atoms with E-state index in [0.717, 1.165) is 0 Å². The Morgan fingerprint density at radius 3 is 2.52 bits per heavy atom. The molecule has 0 aliphatic rings. The van der Waals surface area contributed by atoms with E-state index in [0.29, 0.717) is 0 Å². The van der Waals surface area contributed by atoms with Gasteiger partial charge in [-0.2, -0.15) is 13.9 Å². The van der Waals surface area contributed by atoms with E-state index in [2.05, 4.69) is 10.1 Å². The monoisotopic (exact) mass is 447 g/mol. The van der Waals surface area contributed by atoms with Crippen LogP contribution < -0.4 is 0 Å². The first kappa shape index (κ1) is 22.2. The molecule has 0 saturated carbocycles. The summed E-state index contributed by atoms with van der Waals surface area (Å²) in [5, 5.41) is 10.7. The molecule has 1 aromatic carbocycles. The Hall–Kier alpha value is -1.07. The third-order valence-electron chi connectivity index (χ3n) is 4.04. The number of benzene rings is 1. The number of halogens is 6. The summed E-state index contributed by atoms with van der Waals surface area (Å²) in [6.07, 6.45) is -1.63. The second-order valence-electron chi connectivity index (χ2n) is 5.92. The van der Waals surface area contributed by atoms with Gasteiger partial charge in [0.25, 0.3) is 0 Å². The standard InChI is InChI=1S/C15H15Cl2F4N3O2S/c1-9(5-27(26)15(20,21)13(18)19)14(25,6-24-8-22-7-23-24)11-3-2-10(16)4-12(11)17/h2-4,7-9,13,25H,5-6H2,1H3/t9-,14+,27?/m0/s1. The van der Waals surface area contributed by atoms with Crippen LogP contribution in [0.4, 0.5) is 17.6 Å². The van der Waals surface area contributed by atoms with Crippen molar-refractivity contribution in [3.8, 4) is 0 Å². The van der Waals surface area contributed by atoms with Crippen LogP contribution >= 0.6 is 23.2 Å². The first-order chi connectivity index (χ1) is 12.5. The van der Waals surface area contributed by atoms with Gasteiger partial charge in [0.15, 0.2) is 0 Å². The second-order valence-corrected chi connectivity index (χ2v) is 8.33. The van der Waals surface area contributed by atoms with Crippen molar-refractivity contribution in [2.75, 3.05) is 5.75 Å². The topological polar surface area (TPSA) is 74.0 Å². The number of hydrogen-bond donors (Lipinski definition) is 1. The first-order valence-electron chi connectivity index (χ1n) is 7.53. The normalized spacial score (nSPS) is 17.0. The molecule has 1 aromatic heterocycles. The third kappa shape index (κ3) is 4.86. The summed E-state index contributed by atoms with van der Waals surface area (Å²) in [5.74, 6) is -2.06. The highest BCUT2D eigenvalue weighted by molar-refractivity contribution is 7.92. The van der Waals surface area contributed by atoms with E-state index in [1.807, 2.05) is 0 Å². The highest BCUT2D eigenvalue weighted by Crippen LogP contribution is 2.40. The molecule has 0 amide bonds. The zero-order chi connectivity index (χ0) is 20.4. The van der Waals surface area contributed by atoms with Crippen LogP contribution in [0, 0.1) is 5.92 Å². The quantitative estimate of drug-likeness (QED) is 0.494. The lowest BCUT2D eigenvalue weighted by molar-refractivity contribution is -0.0657. The summed E-state index contributed by atoms with van der Waals surface area (Å²) in [6, 6.07) is 4.14. The van der Waals surface area contributed by atoms with Gasteiger partial charge in [0.1, 0.15) is 24.0 Å². The van der Waals surface area contributed by atoms with Crippen molar-refractivity contribution < 1.29 is 27.2 Å². The lowest BCUT2D eigenvalue weighted by atomic mass is 9.83. The molecule has 150 valence electrons. The Morgan fingerprint density at radius 1 is 1.33 bits per heavy atom. The number of hydrogen-bond acceptors (Lipinski definition) is 4. The van der Waals surface area contributed by atoms with E-state index in [-0.39, 0.29) is 22.2 Å². The molecule has 0 saturated heterocycles. The number of aliphatic hydroxyl groups is 1. The number of nitrogens with zero attached hydrogens (tertiary/aromatic N) is 3. The van der Waals surface area contributed by atoms with Gasteiger partial charge in [-0.25, -0.2) is 9.67 Å². The van der Waals surface area contributed by atoms with E-state index < -0.39 is 40.1 Å². The maximum Gasteiger partial charge on any atom is 0.467 e. The average Bonchev–Trinajstić information content (AvgIpc) is 3.06. The zero-order valence-corrected chi connectivity index (χ0v) is 16.2. The molecule has 5 nitrogen and oxygen atoms in total. The zero-order valence-electron chi connectivity index (χ0n) is 13.8. The molecule has 1 unspecified atom stereocenters. The Labute approximate surface area is 165 Å². The molecule has 1 N–H and O–H groups in total. The molecule has 3 atom stereocenters. The molecule has 0 spiro atoms. The van der Waals surface area contributed by atoms with Gasteiger partial charge >= 0.3 is 11.7 Å². The molecular formula is C15H15Cl2F4N3O2S. The maximum absolute atomic E-state index is 13.4. The molecule has 0 aliphatic heterocycles. The summed E-state index contributed by atoms with van der Waals surface area (Å²) >= 11 is 8.76. The Balaban J connectivity index is 2.40. The van der Waals surface area contributed by atoms with Gasteiger partial charge in [-0.3, -0.25) is 0 Å². The van der Waals surface area contributed by atoms with Crippen LogP contribution in [0.5, 0.6) is 0 Å². The van der Waals surface area contributed by atoms with Gasteiger partial charge < -0.3 is 9.66 Å². The maximum atomic E-state index is 13.4. The lowest BCUT2D eigenvalue weighted by Gasteiger charge is -2.35. The summed E-state index contributed by atoms with van der Waals surface area (Å²) in [7, 11) is 0. The van der Waals surface area contributed by atoms with Crippen molar-refractivity contribution in [2.24, 2.45) is 5.92 Å². The molecule has 12 heteroatoms. The van der Waals surface area contributed by atoms with Crippen LogP contribution in [0.2, 0.25) is 10.0 Å². The fourth-order valence-corrected chi connectivity index (χ4v) is 4.21. The minimum Gasteiger partial charge on any atom is -0.611 e. The molecule has 0 aliphatic carbocycles. The van der Waals surface area contributed by atoms with Crippen molar-refractivity contribution in [3.05, 3.63) is 46.5 Å². The first-order valence-corrected chi connectivity index (χ1v) is 9.60. The van der Waals surface area contributed by atoms with Crippen molar-refractivity contribution in [2.45, 2.75) is 30.7 Å². The summed E-state index contributed by atoms with van der Waals surface area (Å²) in [4.78, 5) is 3.73. The van der Waals surface area contributed by atoms with Crippen LogP contribution in [0.1, 0.15) is 12.5 Å². The number of aromatic nitrogens is 3. The van der Waals surface area contributed by atoms with Gasteiger partial charge in [0, 0.05) is 32.7 Å².